The molecule has 0 aromatic carbocycles. The molecular weight excluding hydrogens is 223 g/mol. The van der Waals surface area contributed by atoms with E-state index in [1.807, 2.05) is 0 Å². The van der Waals surface area contributed by atoms with Gasteiger partial charge in [-0.3, -0.25) is 4.79 Å². The quantitative estimate of drug-likeness (QED) is 0.811. The largest absolute Gasteiger partial charge is 0.389 e. The van der Waals surface area contributed by atoms with Crippen LogP contribution in [0.15, 0.2) is 0 Å². The molecule has 0 aliphatic carbocycles. The predicted molar refractivity (Wildman–Crippen MR) is 51.8 cm³/mol. The number of nitrogens with two attached hydrogens (primary N) is 1. The lowest BCUT2D eigenvalue weighted by molar-refractivity contribution is -0.139. The summed E-state index contributed by atoms with van der Waals surface area (Å²) in [6.45, 7) is 2.15. The highest BCUT2D eigenvalue weighted by Gasteiger charge is 2.43. The van der Waals surface area contributed by atoms with Crippen LogP contribution in [-0.4, -0.2) is 31.2 Å². The van der Waals surface area contributed by atoms with Crippen molar-refractivity contribution in [3.05, 3.63) is 0 Å². The maximum Gasteiger partial charge on any atom is 0.389 e. The monoisotopic (exact) mass is 239 g/mol. The molecule has 0 bridgehead atoms. The molecule has 0 radical (unpaired) electrons. The summed E-state index contributed by atoms with van der Waals surface area (Å²) in [6, 6.07) is -0.411. The molecule has 2 unspecified atom stereocenters. The number of hydrogen-bond acceptors (Lipinski definition) is 3. The topological polar surface area (TPSA) is 52.3 Å². The molecule has 0 saturated carbocycles. The Kier molecular flexibility index (Phi) is 3.96. The van der Waals surface area contributed by atoms with Crippen molar-refractivity contribution in [3.63, 3.8) is 0 Å². The molecule has 0 amide bonds. The predicted octanol–water partition coefficient (Wildman–Crippen LogP) is 1.65. The number of Topliss-reactive ketones (excluding diaryl/α,β-unsaturated/α-hetero) is 1. The van der Waals surface area contributed by atoms with E-state index < -0.39 is 24.1 Å². The van der Waals surface area contributed by atoms with E-state index in [0.29, 0.717) is 6.61 Å². The normalized spacial score (nSPS) is 30.7. The summed E-state index contributed by atoms with van der Waals surface area (Å²) in [4.78, 5) is 11.7. The van der Waals surface area contributed by atoms with E-state index in [1.165, 1.54) is 0 Å². The van der Waals surface area contributed by atoms with Gasteiger partial charge in [-0.1, -0.05) is 0 Å². The number of carbonyl (C=O) groups is 1. The van der Waals surface area contributed by atoms with E-state index in [0.717, 1.165) is 0 Å². The number of ether oxygens (including phenoxy) is 1. The van der Waals surface area contributed by atoms with Crippen LogP contribution in [0, 0.1) is 5.41 Å². The minimum absolute atomic E-state index is 0.0902. The Morgan fingerprint density at radius 3 is 2.62 bits per heavy atom. The lowest BCUT2D eigenvalue weighted by atomic mass is 9.79. The van der Waals surface area contributed by atoms with Crippen LogP contribution in [0.3, 0.4) is 0 Å². The minimum Gasteiger partial charge on any atom is -0.379 e. The number of carbonyl (C=O) groups excluding carboxylic acids is 1. The van der Waals surface area contributed by atoms with Crippen LogP contribution in [-0.2, 0) is 9.53 Å². The number of rotatable bonds is 4. The first-order chi connectivity index (χ1) is 7.26. The summed E-state index contributed by atoms with van der Waals surface area (Å²) in [5.74, 6) is -0.234. The number of alkyl halides is 3. The second-order valence-corrected chi connectivity index (χ2v) is 4.43. The van der Waals surface area contributed by atoms with Crippen molar-refractivity contribution in [1.82, 2.24) is 0 Å². The van der Waals surface area contributed by atoms with E-state index in [-0.39, 0.29) is 25.2 Å². The van der Waals surface area contributed by atoms with Crippen molar-refractivity contribution in [2.45, 2.75) is 38.4 Å². The third-order valence-corrected chi connectivity index (χ3v) is 3.02. The maximum absolute atomic E-state index is 11.9. The molecule has 1 aliphatic rings. The van der Waals surface area contributed by atoms with Crippen molar-refractivity contribution >= 4 is 5.78 Å². The van der Waals surface area contributed by atoms with Crippen molar-refractivity contribution < 1.29 is 22.7 Å². The molecule has 1 rings (SSSR count). The van der Waals surface area contributed by atoms with Gasteiger partial charge in [-0.2, -0.15) is 13.2 Å². The van der Waals surface area contributed by atoms with Gasteiger partial charge in [-0.25, -0.2) is 0 Å². The Bertz CT molecular complexity index is 267. The Morgan fingerprint density at radius 2 is 2.19 bits per heavy atom. The molecule has 1 saturated heterocycles. The van der Waals surface area contributed by atoms with Crippen LogP contribution < -0.4 is 5.73 Å². The Hall–Kier alpha value is -0.620. The fraction of sp³-hybridized carbons (Fsp3) is 0.900. The van der Waals surface area contributed by atoms with Gasteiger partial charge in [0.25, 0.3) is 0 Å². The summed E-state index contributed by atoms with van der Waals surface area (Å²) in [6.07, 6.45) is -5.39. The van der Waals surface area contributed by atoms with Gasteiger partial charge < -0.3 is 10.5 Å². The van der Waals surface area contributed by atoms with Gasteiger partial charge in [-0.15, -0.1) is 0 Å². The zero-order chi connectivity index (χ0) is 12.4. The van der Waals surface area contributed by atoms with Crippen molar-refractivity contribution in [3.8, 4) is 0 Å². The van der Waals surface area contributed by atoms with E-state index in [4.69, 9.17) is 10.5 Å². The van der Waals surface area contributed by atoms with E-state index in [2.05, 4.69) is 0 Å². The highest BCUT2D eigenvalue weighted by molar-refractivity contribution is 5.85. The van der Waals surface area contributed by atoms with Crippen LogP contribution >= 0.6 is 0 Å². The van der Waals surface area contributed by atoms with E-state index in [9.17, 15) is 18.0 Å². The standard InChI is InChI=1S/C10H16F3NO2/c1-9(6-16-5-7(9)14)8(15)3-2-4-10(11,12)13/h7H,2-6,14H2,1H3. The summed E-state index contributed by atoms with van der Waals surface area (Å²) in [5, 5.41) is 0. The van der Waals surface area contributed by atoms with Crippen LogP contribution in [0.5, 0.6) is 0 Å². The molecular formula is C10H16F3NO2. The smallest absolute Gasteiger partial charge is 0.379 e. The third-order valence-electron chi connectivity index (χ3n) is 3.02. The van der Waals surface area contributed by atoms with Gasteiger partial charge in [0, 0.05) is 18.9 Å². The molecule has 0 spiro atoms. The second-order valence-electron chi connectivity index (χ2n) is 4.43. The summed E-state index contributed by atoms with van der Waals surface area (Å²) in [7, 11) is 0. The molecule has 0 aromatic rings. The van der Waals surface area contributed by atoms with Crippen LogP contribution in [0.1, 0.15) is 26.2 Å². The molecule has 1 fully saturated rings. The third kappa shape index (κ3) is 3.18. The number of halogens is 3. The first kappa shape index (κ1) is 13.4. The van der Waals surface area contributed by atoms with Gasteiger partial charge in [0.15, 0.2) is 0 Å². The van der Waals surface area contributed by atoms with Crippen molar-refractivity contribution in [2.75, 3.05) is 13.2 Å². The lowest BCUT2D eigenvalue weighted by Crippen LogP contribution is -2.44. The second kappa shape index (κ2) is 4.71. The summed E-state index contributed by atoms with van der Waals surface area (Å²) >= 11 is 0. The molecule has 1 heterocycles. The van der Waals surface area contributed by atoms with Crippen LogP contribution in [0.2, 0.25) is 0 Å². The van der Waals surface area contributed by atoms with Crippen molar-refractivity contribution in [2.24, 2.45) is 11.1 Å². The Morgan fingerprint density at radius 1 is 1.56 bits per heavy atom. The molecule has 2 atom stereocenters. The molecule has 16 heavy (non-hydrogen) atoms. The average Bonchev–Trinajstić information content (AvgIpc) is 2.46. The first-order valence-electron chi connectivity index (χ1n) is 5.19. The first-order valence-corrected chi connectivity index (χ1v) is 5.19. The fourth-order valence-electron chi connectivity index (χ4n) is 1.71. The summed E-state index contributed by atoms with van der Waals surface area (Å²) in [5.41, 5.74) is 4.89. The maximum atomic E-state index is 11.9. The van der Waals surface area contributed by atoms with Gasteiger partial charge in [0.2, 0.25) is 0 Å². The molecule has 0 aromatic heterocycles. The van der Waals surface area contributed by atoms with Gasteiger partial charge >= 0.3 is 6.18 Å². The Balaban J connectivity index is 2.41. The average molecular weight is 239 g/mol. The molecule has 1 aliphatic heterocycles. The highest BCUT2D eigenvalue weighted by Crippen LogP contribution is 2.31. The number of hydrogen-bond donors (Lipinski definition) is 1. The minimum atomic E-state index is -4.20. The fourth-order valence-corrected chi connectivity index (χ4v) is 1.71. The van der Waals surface area contributed by atoms with E-state index in [1.54, 1.807) is 6.92 Å². The molecule has 3 nitrogen and oxygen atoms in total. The number of ketones is 1. The molecule has 6 heteroatoms. The zero-order valence-corrected chi connectivity index (χ0v) is 9.14. The van der Waals surface area contributed by atoms with Gasteiger partial charge in [-0.05, 0) is 13.3 Å². The molecule has 94 valence electrons. The SMILES string of the molecule is CC1(C(=O)CCCC(F)(F)F)COCC1N. The van der Waals surface area contributed by atoms with Gasteiger partial charge in [0.1, 0.15) is 5.78 Å². The van der Waals surface area contributed by atoms with Gasteiger partial charge in [0.05, 0.1) is 18.6 Å². The Labute approximate surface area is 92.1 Å². The van der Waals surface area contributed by atoms with Crippen molar-refractivity contribution in [1.29, 1.82) is 0 Å². The molecule has 2 N–H and O–H groups in total. The lowest BCUT2D eigenvalue weighted by Gasteiger charge is -2.25. The van der Waals surface area contributed by atoms with Crippen LogP contribution in [0.4, 0.5) is 13.2 Å². The summed E-state index contributed by atoms with van der Waals surface area (Å²) < 4.78 is 40.8. The van der Waals surface area contributed by atoms with E-state index >= 15 is 0 Å². The zero-order valence-electron chi connectivity index (χ0n) is 9.14. The van der Waals surface area contributed by atoms with Crippen LogP contribution in [0.25, 0.3) is 0 Å². The highest BCUT2D eigenvalue weighted by atomic mass is 19.4.